The molecule has 0 radical (unpaired) electrons. The molecule has 1 rings (SSSR count). The maximum atomic E-state index is 11.0. The van der Waals surface area contributed by atoms with Gasteiger partial charge in [-0.1, -0.05) is 19.8 Å². The van der Waals surface area contributed by atoms with Gasteiger partial charge in [0.25, 0.3) is 0 Å². The van der Waals surface area contributed by atoms with E-state index in [-0.39, 0.29) is 12.4 Å². The zero-order valence-corrected chi connectivity index (χ0v) is 16.6. The second kappa shape index (κ2) is 10.9. The van der Waals surface area contributed by atoms with Crippen molar-refractivity contribution in [2.75, 3.05) is 51.9 Å². The first-order valence-corrected chi connectivity index (χ1v) is 11.1. The third kappa shape index (κ3) is 9.47. The molecule has 1 fully saturated rings. The first-order chi connectivity index (χ1) is 11.3. The highest BCUT2D eigenvalue weighted by atomic mass is 32.2. The normalized spacial score (nSPS) is 22.4. The van der Waals surface area contributed by atoms with Crippen LogP contribution in [0.15, 0.2) is 4.99 Å². The van der Waals surface area contributed by atoms with Gasteiger partial charge in [-0.3, -0.25) is 4.99 Å². The molecule has 0 aromatic heterocycles. The fourth-order valence-corrected chi connectivity index (χ4v) is 3.40. The molecule has 0 heterocycles. The molecule has 142 valence electrons. The minimum absolute atomic E-state index is 0.0663. The fraction of sp³-hybridized carbons (Fsp3) is 0.941. The monoisotopic (exact) mass is 361 g/mol. The predicted molar refractivity (Wildman–Crippen MR) is 100 cm³/mol. The van der Waals surface area contributed by atoms with Crippen molar-refractivity contribution in [2.24, 2.45) is 16.8 Å². The predicted octanol–water partition coefficient (Wildman–Crippen LogP) is 1.77. The van der Waals surface area contributed by atoms with Gasteiger partial charge in [0.05, 0.1) is 25.5 Å². The SMILES string of the molecule is CCNC(=NCCOCCS(C)(=O)=O)N(C)CC1CCC(C)CC1. The Bertz CT molecular complexity index is 471. The third-order valence-corrected chi connectivity index (χ3v) is 5.37. The summed E-state index contributed by atoms with van der Waals surface area (Å²) in [6.45, 7) is 7.50. The van der Waals surface area contributed by atoms with Crippen LogP contribution in [0.5, 0.6) is 0 Å². The number of rotatable bonds is 9. The van der Waals surface area contributed by atoms with Gasteiger partial charge in [-0.15, -0.1) is 0 Å². The lowest BCUT2D eigenvalue weighted by molar-refractivity contribution is 0.157. The molecule has 24 heavy (non-hydrogen) atoms. The van der Waals surface area contributed by atoms with Crippen LogP contribution in [0, 0.1) is 11.8 Å². The molecule has 0 amide bonds. The number of hydrogen-bond donors (Lipinski definition) is 1. The number of guanidine groups is 1. The van der Waals surface area contributed by atoms with Crippen LogP contribution < -0.4 is 5.32 Å². The molecule has 0 unspecified atom stereocenters. The Morgan fingerprint density at radius 1 is 1.25 bits per heavy atom. The number of aliphatic imine (C=N–C) groups is 1. The van der Waals surface area contributed by atoms with Crippen molar-refractivity contribution in [1.29, 1.82) is 0 Å². The number of nitrogens with zero attached hydrogens (tertiary/aromatic N) is 2. The van der Waals surface area contributed by atoms with E-state index in [2.05, 4.69) is 36.1 Å². The van der Waals surface area contributed by atoms with E-state index in [0.29, 0.717) is 13.2 Å². The quantitative estimate of drug-likeness (QED) is 0.385. The van der Waals surface area contributed by atoms with Gasteiger partial charge < -0.3 is 15.0 Å². The highest BCUT2D eigenvalue weighted by molar-refractivity contribution is 7.90. The summed E-state index contributed by atoms with van der Waals surface area (Å²) in [5.41, 5.74) is 0. The second-order valence-electron chi connectivity index (χ2n) is 6.98. The first kappa shape index (κ1) is 21.2. The largest absolute Gasteiger partial charge is 0.378 e. The standard InChI is InChI=1S/C17H35N3O3S/c1-5-18-17(19-10-11-23-12-13-24(4,21)22)20(3)14-16-8-6-15(2)7-9-16/h15-16H,5-14H2,1-4H3,(H,18,19). The number of nitrogens with one attached hydrogen (secondary N) is 1. The average molecular weight is 362 g/mol. The van der Waals surface area contributed by atoms with Gasteiger partial charge in [0, 0.05) is 26.4 Å². The smallest absolute Gasteiger partial charge is 0.193 e. The lowest BCUT2D eigenvalue weighted by atomic mass is 9.83. The number of ether oxygens (including phenoxy) is 1. The van der Waals surface area contributed by atoms with Crippen LogP contribution >= 0.6 is 0 Å². The van der Waals surface area contributed by atoms with E-state index in [4.69, 9.17) is 4.74 Å². The van der Waals surface area contributed by atoms with Gasteiger partial charge in [0.2, 0.25) is 0 Å². The molecule has 0 saturated heterocycles. The van der Waals surface area contributed by atoms with Crippen LogP contribution in [0.4, 0.5) is 0 Å². The summed E-state index contributed by atoms with van der Waals surface area (Å²) in [6, 6.07) is 0. The maximum Gasteiger partial charge on any atom is 0.193 e. The van der Waals surface area contributed by atoms with E-state index < -0.39 is 9.84 Å². The topological polar surface area (TPSA) is 71.0 Å². The van der Waals surface area contributed by atoms with Crippen LogP contribution in [0.25, 0.3) is 0 Å². The van der Waals surface area contributed by atoms with Crippen LogP contribution in [0.2, 0.25) is 0 Å². The molecule has 1 aliphatic rings. The van der Waals surface area contributed by atoms with E-state index >= 15 is 0 Å². The van der Waals surface area contributed by atoms with Crippen LogP contribution in [0.1, 0.15) is 39.5 Å². The molecule has 1 aliphatic carbocycles. The van der Waals surface area contributed by atoms with Gasteiger partial charge in [-0.05, 0) is 31.6 Å². The minimum Gasteiger partial charge on any atom is -0.378 e. The molecule has 1 saturated carbocycles. The average Bonchev–Trinajstić information content (AvgIpc) is 2.50. The lowest BCUT2D eigenvalue weighted by Crippen LogP contribution is -2.42. The Morgan fingerprint density at radius 2 is 1.92 bits per heavy atom. The van der Waals surface area contributed by atoms with E-state index in [0.717, 1.165) is 30.9 Å². The van der Waals surface area contributed by atoms with E-state index in [9.17, 15) is 8.42 Å². The van der Waals surface area contributed by atoms with Crippen LogP contribution in [-0.4, -0.2) is 71.2 Å². The Labute approximate surface area is 148 Å². The molecule has 7 heteroatoms. The first-order valence-electron chi connectivity index (χ1n) is 9.06. The summed E-state index contributed by atoms with van der Waals surface area (Å²) in [7, 11) is -0.864. The van der Waals surface area contributed by atoms with Crippen LogP contribution in [-0.2, 0) is 14.6 Å². The van der Waals surface area contributed by atoms with Gasteiger partial charge in [0.15, 0.2) is 5.96 Å². The molecule has 1 N–H and O–H groups in total. The van der Waals surface area contributed by atoms with Gasteiger partial charge in [-0.2, -0.15) is 0 Å². The van der Waals surface area contributed by atoms with Crippen molar-refractivity contribution in [3.63, 3.8) is 0 Å². The fourth-order valence-electron chi connectivity index (χ4n) is 2.98. The molecular weight excluding hydrogens is 326 g/mol. The van der Waals surface area contributed by atoms with Crippen molar-refractivity contribution in [3.05, 3.63) is 0 Å². The number of hydrogen-bond acceptors (Lipinski definition) is 4. The van der Waals surface area contributed by atoms with Crippen molar-refractivity contribution in [3.8, 4) is 0 Å². The van der Waals surface area contributed by atoms with Crippen molar-refractivity contribution >= 4 is 15.8 Å². The molecule has 0 aromatic rings. The van der Waals surface area contributed by atoms with Crippen LogP contribution in [0.3, 0.4) is 0 Å². The molecule has 0 aromatic carbocycles. The Hall–Kier alpha value is -0.820. The van der Waals surface area contributed by atoms with E-state index in [1.165, 1.54) is 31.9 Å². The zero-order chi connectivity index (χ0) is 18.0. The Balaban J connectivity index is 2.35. The summed E-state index contributed by atoms with van der Waals surface area (Å²) >= 11 is 0. The molecule has 0 atom stereocenters. The van der Waals surface area contributed by atoms with Gasteiger partial charge >= 0.3 is 0 Å². The van der Waals surface area contributed by atoms with E-state index in [1.807, 2.05) is 0 Å². The second-order valence-corrected chi connectivity index (χ2v) is 9.24. The third-order valence-electron chi connectivity index (χ3n) is 4.46. The van der Waals surface area contributed by atoms with Gasteiger partial charge in [-0.25, -0.2) is 8.42 Å². The zero-order valence-electron chi connectivity index (χ0n) is 15.8. The maximum absolute atomic E-state index is 11.0. The molecular formula is C17H35N3O3S. The summed E-state index contributed by atoms with van der Waals surface area (Å²) in [5, 5.41) is 3.32. The number of sulfone groups is 1. The van der Waals surface area contributed by atoms with Crippen molar-refractivity contribution in [2.45, 2.75) is 39.5 Å². The Morgan fingerprint density at radius 3 is 2.50 bits per heavy atom. The summed E-state index contributed by atoms with van der Waals surface area (Å²) in [5.74, 6) is 2.60. The van der Waals surface area contributed by atoms with E-state index in [1.54, 1.807) is 0 Å². The van der Waals surface area contributed by atoms with Crippen molar-refractivity contribution < 1.29 is 13.2 Å². The van der Waals surface area contributed by atoms with Gasteiger partial charge in [0.1, 0.15) is 9.84 Å². The minimum atomic E-state index is -2.95. The molecule has 0 aliphatic heterocycles. The highest BCUT2D eigenvalue weighted by Gasteiger charge is 2.20. The Kier molecular flexibility index (Phi) is 9.66. The lowest BCUT2D eigenvalue weighted by Gasteiger charge is -2.31. The molecule has 0 bridgehead atoms. The highest BCUT2D eigenvalue weighted by Crippen LogP contribution is 2.28. The summed E-state index contributed by atoms with van der Waals surface area (Å²) in [6.07, 6.45) is 6.50. The summed E-state index contributed by atoms with van der Waals surface area (Å²) in [4.78, 5) is 6.79. The van der Waals surface area contributed by atoms with Crippen molar-refractivity contribution in [1.82, 2.24) is 10.2 Å². The summed E-state index contributed by atoms with van der Waals surface area (Å²) < 4.78 is 27.4. The molecule has 0 spiro atoms. The molecule has 6 nitrogen and oxygen atoms in total.